The Balaban J connectivity index is 2.95. The van der Waals surface area contributed by atoms with Crippen LogP contribution >= 0.6 is 0 Å². The van der Waals surface area contributed by atoms with Crippen LogP contribution in [0.5, 0.6) is 0 Å². The van der Waals surface area contributed by atoms with Gasteiger partial charge in [-0.25, -0.2) is 4.98 Å². The Bertz CT molecular complexity index is 280. The molecule has 4 N–H and O–H groups in total. The molecule has 0 amide bonds. The van der Waals surface area contributed by atoms with Gasteiger partial charge < -0.3 is 15.8 Å². The van der Waals surface area contributed by atoms with E-state index in [2.05, 4.69) is 23.8 Å². The van der Waals surface area contributed by atoms with Gasteiger partial charge in [0.15, 0.2) is 0 Å². The maximum absolute atomic E-state index is 9.43. The predicted molar refractivity (Wildman–Crippen MR) is 51.4 cm³/mol. The molecule has 0 fully saturated rings. The molecule has 1 unspecified atom stereocenters. The van der Waals surface area contributed by atoms with Crippen molar-refractivity contribution in [3.63, 3.8) is 0 Å². The number of nitrogens with one attached hydrogen (secondary N) is 1. The normalized spacial score (nSPS) is 13.7. The van der Waals surface area contributed by atoms with E-state index >= 15 is 0 Å². The molecule has 0 bridgehead atoms. The van der Waals surface area contributed by atoms with Crippen molar-refractivity contribution >= 4 is 0 Å². The Kier molecular flexibility index (Phi) is 3.06. The third-order valence-electron chi connectivity index (χ3n) is 2.03. The van der Waals surface area contributed by atoms with E-state index in [4.69, 9.17) is 5.73 Å². The van der Waals surface area contributed by atoms with Crippen molar-refractivity contribution in [2.24, 2.45) is 5.73 Å². The topological polar surface area (TPSA) is 74.9 Å². The number of aliphatic hydroxyl groups excluding tert-OH is 1. The number of rotatable bonds is 3. The summed E-state index contributed by atoms with van der Waals surface area (Å²) >= 11 is 0. The molecule has 0 radical (unpaired) electrons. The lowest BCUT2D eigenvalue weighted by atomic mass is 10.1. The highest BCUT2D eigenvalue weighted by molar-refractivity contribution is 5.17. The molecule has 0 aliphatic rings. The maximum Gasteiger partial charge on any atom is 0.136 e. The number of hydrogen-bond donors (Lipinski definition) is 3. The van der Waals surface area contributed by atoms with E-state index < -0.39 is 6.10 Å². The van der Waals surface area contributed by atoms with Crippen LogP contribution < -0.4 is 5.73 Å². The van der Waals surface area contributed by atoms with Crippen LogP contribution in [0.25, 0.3) is 0 Å². The summed E-state index contributed by atoms with van der Waals surface area (Å²) in [5.74, 6) is 0.943. The van der Waals surface area contributed by atoms with Gasteiger partial charge in [0.2, 0.25) is 0 Å². The number of nitrogens with zero attached hydrogens (tertiary/aromatic N) is 1. The first-order chi connectivity index (χ1) is 6.06. The minimum absolute atomic E-state index is 0.199. The number of H-pyrrole nitrogens is 1. The van der Waals surface area contributed by atoms with Crippen molar-refractivity contribution in [3.05, 3.63) is 17.2 Å². The molecule has 0 saturated carbocycles. The lowest BCUT2D eigenvalue weighted by Crippen LogP contribution is -2.12. The van der Waals surface area contributed by atoms with Gasteiger partial charge in [0.05, 0.1) is 5.69 Å². The molecule has 1 aromatic heterocycles. The van der Waals surface area contributed by atoms with Crippen LogP contribution in [0.1, 0.15) is 43.1 Å². The smallest absolute Gasteiger partial charge is 0.136 e. The fraction of sp³-hybridized carbons (Fsp3) is 0.667. The van der Waals surface area contributed by atoms with Gasteiger partial charge in [-0.3, -0.25) is 0 Å². The Morgan fingerprint density at radius 2 is 2.15 bits per heavy atom. The Morgan fingerprint density at radius 1 is 1.54 bits per heavy atom. The summed E-state index contributed by atoms with van der Waals surface area (Å²) in [6.07, 6.45) is -0.675. The van der Waals surface area contributed by atoms with Crippen LogP contribution in [0.4, 0.5) is 0 Å². The molecule has 4 heteroatoms. The molecule has 4 nitrogen and oxygen atoms in total. The minimum Gasteiger partial charge on any atom is -0.384 e. The van der Waals surface area contributed by atoms with Crippen LogP contribution in [0, 0.1) is 6.92 Å². The second-order valence-electron chi connectivity index (χ2n) is 3.54. The number of nitrogens with two attached hydrogens (primary N) is 1. The van der Waals surface area contributed by atoms with E-state index in [-0.39, 0.29) is 6.54 Å². The van der Waals surface area contributed by atoms with Gasteiger partial charge in [0, 0.05) is 12.2 Å². The quantitative estimate of drug-likeness (QED) is 0.649. The van der Waals surface area contributed by atoms with Crippen molar-refractivity contribution in [2.75, 3.05) is 6.54 Å². The summed E-state index contributed by atoms with van der Waals surface area (Å²) in [7, 11) is 0. The van der Waals surface area contributed by atoms with Crippen LogP contribution in [0.3, 0.4) is 0 Å². The fourth-order valence-corrected chi connectivity index (χ4v) is 1.33. The Labute approximate surface area is 78.2 Å². The summed E-state index contributed by atoms with van der Waals surface area (Å²) in [6, 6.07) is 0. The Hall–Kier alpha value is -0.870. The first-order valence-corrected chi connectivity index (χ1v) is 4.50. The van der Waals surface area contributed by atoms with Crippen molar-refractivity contribution in [1.29, 1.82) is 0 Å². The lowest BCUT2D eigenvalue weighted by molar-refractivity contribution is 0.177. The van der Waals surface area contributed by atoms with Crippen LogP contribution in [0.2, 0.25) is 0 Å². The van der Waals surface area contributed by atoms with Gasteiger partial charge in [-0.1, -0.05) is 13.8 Å². The molecule has 1 atom stereocenters. The molecule has 0 aliphatic carbocycles. The summed E-state index contributed by atoms with van der Waals surface area (Å²) in [4.78, 5) is 7.33. The summed E-state index contributed by atoms with van der Waals surface area (Å²) in [6.45, 7) is 6.29. The number of aliphatic hydroxyl groups is 1. The predicted octanol–water partition coefficient (Wildman–Crippen LogP) is 0.834. The molecule has 0 spiro atoms. The van der Waals surface area contributed by atoms with Gasteiger partial charge in [-0.15, -0.1) is 0 Å². The second kappa shape index (κ2) is 3.89. The highest BCUT2D eigenvalue weighted by atomic mass is 16.3. The van der Waals surface area contributed by atoms with E-state index in [1.165, 1.54) is 0 Å². The van der Waals surface area contributed by atoms with E-state index in [1.54, 1.807) is 0 Å². The zero-order chi connectivity index (χ0) is 10.0. The zero-order valence-corrected chi connectivity index (χ0v) is 8.33. The average molecular weight is 183 g/mol. The molecule has 1 heterocycles. The lowest BCUT2D eigenvalue weighted by Gasteiger charge is -2.02. The second-order valence-corrected chi connectivity index (χ2v) is 3.54. The van der Waals surface area contributed by atoms with Crippen molar-refractivity contribution in [3.8, 4) is 0 Å². The number of aryl methyl sites for hydroxylation is 1. The largest absolute Gasteiger partial charge is 0.384 e. The van der Waals surface area contributed by atoms with E-state index in [9.17, 15) is 5.11 Å². The standard InChI is InChI=1S/C9H17N3O/c1-5(2)8-6(3)11-9(12-8)7(13)4-10/h5,7,13H,4,10H2,1-3H3,(H,11,12). The SMILES string of the molecule is Cc1[nH]c(C(O)CN)nc1C(C)C. The van der Waals surface area contributed by atoms with Crippen molar-refractivity contribution in [2.45, 2.75) is 32.8 Å². The third-order valence-corrected chi connectivity index (χ3v) is 2.03. The molecule has 0 aromatic carbocycles. The van der Waals surface area contributed by atoms with Gasteiger partial charge >= 0.3 is 0 Å². The fourth-order valence-electron chi connectivity index (χ4n) is 1.33. The van der Waals surface area contributed by atoms with Gasteiger partial charge in [-0.05, 0) is 12.8 Å². The van der Waals surface area contributed by atoms with Gasteiger partial charge in [0.25, 0.3) is 0 Å². The van der Waals surface area contributed by atoms with Gasteiger partial charge in [-0.2, -0.15) is 0 Å². The summed E-state index contributed by atoms with van der Waals surface area (Å²) in [5.41, 5.74) is 7.34. The van der Waals surface area contributed by atoms with Crippen molar-refractivity contribution in [1.82, 2.24) is 9.97 Å². The molecular formula is C9H17N3O. The molecule has 74 valence electrons. The van der Waals surface area contributed by atoms with E-state index in [1.807, 2.05) is 6.92 Å². The molecule has 1 rings (SSSR count). The summed E-state index contributed by atoms with van der Waals surface area (Å²) in [5, 5.41) is 9.43. The number of aromatic nitrogens is 2. The molecule has 1 aromatic rings. The molecule has 0 aliphatic heterocycles. The zero-order valence-electron chi connectivity index (χ0n) is 8.33. The number of hydrogen-bond acceptors (Lipinski definition) is 3. The highest BCUT2D eigenvalue weighted by Crippen LogP contribution is 2.18. The average Bonchev–Trinajstić information content (AvgIpc) is 2.46. The van der Waals surface area contributed by atoms with Crippen LogP contribution in [-0.4, -0.2) is 21.6 Å². The maximum atomic E-state index is 9.43. The van der Waals surface area contributed by atoms with Crippen LogP contribution in [-0.2, 0) is 0 Å². The number of imidazole rings is 1. The Morgan fingerprint density at radius 3 is 2.54 bits per heavy atom. The van der Waals surface area contributed by atoms with Crippen molar-refractivity contribution < 1.29 is 5.11 Å². The van der Waals surface area contributed by atoms with E-state index in [0.717, 1.165) is 11.4 Å². The van der Waals surface area contributed by atoms with E-state index in [0.29, 0.717) is 11.7 Å². The third kappa shape index (κ3) is 2.08. The molecule has 13 heavy (non-hydrogen) atoms. The first kappa shape index (κ1) is 10.2. The summed E-state index contributed by atoms with van der Waals surface area (Å²) < 4.78 is 0. The molecular weight excluding hydrogens is 166 g/mol. The minimum atomic E-state index is -0.675. The first-order valence-electron chi connectivity index (χ1n) is 4.50. The molecule has 0 saturated heterocycles. The monoisotopic (exact) mass is 183 g/mol. The van der Waals surface area contributed by atoms with Crippen LogP contribution in [0.15, 0.2) is 0 Å². The highest BCUT2D eigenvalue weighted by Gasteiger charge is 2.14. The number of aromatic amines is 1. The van der Waals surface area contributed by atoms with Gasteiger partial charge in [0.1, 0.15) is 11.9 Å².